The van der Waals surface area contributed by atoms with Crippen LogP contribution in [-0.2, 0) is 17.8 Å². The van der Waals surface area contributed by atoms with E-state index in [1.54, 1.807) is 7.05 Å². The number of piperazine rings is 1. The molecular weight excluding hydrogens is 506 g/mol. The van der Waals surface area contributed by atoms with E-state index in [2.05, 4.69) is 64.5 Å². The van der Waals surface area contributed by atoms with Crippen molar-refractivity contribution in [1.29, 1.82) is 5.26 Å². The molecule has 1 amide bonds. The summed E-state index contributed by atoms with van der Waals surface area (Å²) in [5, 5.41) is 25.7. The normalized spacial score (nSPS) is 22.9. The van der Waals surface area contributed by atoms with E-state index in [4.69, 9.17) is 14.7 Å². The molecule has 3 atom stereocenters. The summed E-state index contributed by atoms with van der Waals surface area (Å²) < 4.78 is 6.10. The van der Waals surface area contributed by atoms with Gasteiger partial charge in [0.05, 0.1) is 49.3 Å². The topological polar surface area (TPSA) is 118 Å². The molecule has 0 unspecified atom stereocenters. The van der Waals surface area contributed by atoms with Crippen LogP contribution < -0.4 is 19.9 Å². The Balaban J connectivity index is 1.36. The van der Waals surface area contributed by atoms with Crippen LogP contribution in [0.3, 0.4) is 0 Å². The monoisotopic (exact) mass is 541 g/mol. The maximum absolute atomic E-state index is 12.1. The Bertz CT molecular complexity index is 1470. The fourth-order valence-corrected chi connectivity index (χ4v) is 6.28. The Morgan fingerprint density at radius 1 is 1.20 bits per heavy atom. The number of likely N-dealkylation sites (tertiary alicyclic amines) is 1. The molecule has 208 valence electrons. The number of hydrogen-bond donors (Lipinski definition) is 2. The number of carbonyl (C=O) groups is 1. The van der Waals surface area contributed by atoms with E-state index in [1.807, 2.05) is 0 Å². The first-order chi connectivity index (χ1) is 19.4. The zero-order valence-corrected chi connectivity index (χ0v) is 23.0. The number of ether oxygens (including phenoxy) is 1. The van der Waals surface area contributed by atoms with Gasteiger partial charge in [-0.25, -0.2) is 0 Å². The number of fused-ring (bicyclic) bond motifs is 2. The Morgan fingerprint density at radius 3 is 2.80 bits per heavy atom. The zero-order valence-electron chi connectivity index (χ0n) is 23.0. The molecule has 0 aliphatic carbocycles. The first-order valence-corrected chi connectivity index (χ1v) is 14.0. The first-order valence-electron chi connectivity index (χ1n) is 14.0. The summed E-state index contributed by atoms with van der Waals surface area (Å²) in [6, 6.07) is 14.9. The largest absolute Gasteiger partial charge is 0.461 e. The van der Waals surface area contributed by atoms with E-state index in [1.165, 1.54) is 26.9 Å². The Morgan fingerprint density at radius 2 is 2.02 bits per heavy atom. The second-order valence-corrected chi connectivity index (χ2v) is 10.9. The molecule has 2 fully saturated rings. The molecule has 0 saturated carbocycles. The number of nitrogens with zero attached hydrogens (tertiary/aromatic N) is 6. The van der Waals surface area contributed by atoms with Gasteiger partial charge < -0.3 is 29.9 Å². The van der Waals surface area contributed by atoms with E-state index in [0.29, 0.717) is 19.5 Å². The molecule has 0 bridgehead atoms. The molecule has 10 nitrogen and oxygen atoms in total. The van der Waals surface area contributed by atoms with E-state index in [0.717, 1.165) is 43.1 Å². The molecule has 3 aliphatic heterocycles. The van der Waals surface area contributed by atoms with Crippen molar-refractivity contribution in [3.63, 3.8) is 0 Å². The standard InChI is InChI=1S/C30H35N7O3/c1-19-5-3-6-20-7-4-8-24(28(19)20)36-13-10-22-23(17-36)33-30(40-18-25-26(38)15-27(39)35(25)2)34-29(22)37-14-12-32-16-21(37)9-11-31/h3-8,21,25-26,32,38H,9-10,12-18H2,1-2H3/t21-,25+,26+/m0/s1. The number of nitriles is 1. The Kier molecular flexibility index (Phi) is 7.17. The van der Waals surface area contributed by atoms with Crippen LogP contribution >= 0.6 is 0 Å². The van der Waals surface area contributed by atoms with Crippen molar-refractivity contribution in [2.45, 2.75) is 50.9 Å². The summed E-state index contributed by atoms with van der Waals surface area (Å²) in [4.78, 5) is 28.0. The smallest absolute Gasteiger partial charge is 0.318 e. The minimum absolute atomic E-state index is 0.00440. The van der Waals surface area contributed by atoms with Crippen LogP contribution in [0.5, 0.6) is 6.01 Å². The van der Waals surface area contributed by atoms with Crippen LogP contribution in [-0.4, -0.2) is 83.9 Å². The fourth-order valence-electron chi connectivity index (χ4n) is 6.28. The van der Waals surface area contributed by atoms with Crippen LogP contribution in [0.2, 0.25) is 0 Å². The number of anilines is 2. The average molecular weight is 542 g/mol. The molecule has 0 spiro atoms. The van der Waals surface area contributed by atoms with Crippen molar-refractivity contribution in [1.82, 2.24) is 20.2 Å². The third kappa shape index (κ3) is 4.80. The molecule has 1 aromatic heterocycles. The highest BCUT2D eigenvalue weighted by molar-refractivity contribution is 5.97. The van der Waals surface area contributed by atoms with Crippen molar-refractivity contribution in [2.75, 3.05) is 49.6 Å². The fraction of sp³-hybridized carbons (Fsp3) is 0.467. The lowest BCUT2D eigenvalue weighted by Gasteiger charge is -2.39. The van der Waals surface area contributed by atoms with E-state index in [-0.39, 0.29) is 31.0 Å². The number of aliphatic hydroxyl groups is 1. The van der Waals surface area contributed by atoms with Crippen molar-refractivity contribution in [3.05, 3.63) is 53.2 Å². The number of likely N-dealkylation sites (N-methyl/N-ethyl adjacent to an activating group) is 1. The SMILES string of the molecule is Cc1cccc2cccc(N3CCc4c(nc(OC[C@@H]5[C@H](O)CC(=O)N5C)nc4N4CCNC[C@@H]4CC#N)C3)c12. The van der Waals surface area contributed by atoms with Gasteiger partial charge >= 0.3 is 6.01 Å². The quantitative estimate of drug-likeness (QED) is 0.484. The number of amides is 1. The molecular formula is C30H35N7O3. The molecule has 0 radical (unpaired) electrons. The van der Waals surface area contributed by atoms with Gasteiger partial charge in [-0.3, -0.25) is 4.79 Å². The van der Waals surface area contributed by atoms with Crippen molar-refractivity contribution < 1.29 is 14.6 Å². The molecule has 2 N–H and O–H groups in total. The minimum Gasteiger partial charge on any atom is -0.461 e. The number of aryl methyl sites for hydroxylation is 1. The minimum atomic E-state index is -0.784. The van der Waals surface area contributed by atoms with E-state index in [9.17, 15) is 15.2 Å². The molecule has 10 heteroatoms. The van der Waals surface area contributed by atoms with Crippen molar-refractivity contribution >= 4 is 28.2 Å². The number of aliphatic hydroxyl groups excluding tert-OH is 1. The number of carbonyl (C=O) groups excluding carboxylic acids is 1. The van der Waals surface area contributed by atoms with Gasteiger partial charge in [0.25, 0.3) is 0 Å². The molecule has 3 aromatic rings. The zero-order chi connectivity index (χ0) is 27.8. The third-order valence-corrected chi connectivity index (χ3v) is 8.51. The predicted molar refractivity (Wildman–Crippen MR) is 152 cm³/mol. The number of hydrogen-bond acceptors (Lipinski definition) is 9. The van der Waals surface area contributed by atoms with E-state index >= 15 is 0 Å². The van der Waals surface area contributed by atoms with Gasteiger partial charge in [-0.05, 0) is 30.4 Å². The maximum atomic E-state index is 12.1. The van der Waals surface area contributed by atoms with Crippen LogP contribution in [0, 0.1) is 18.3 Å². The molecule has 3 aliphatic rings. The maximum Gasteiger partial charge on any atom is 0.318 e. The number of nitrogens with one attached hydrogen (secondary N) is 1. The Hall–Kier alpha value is -3.94. The van der Waals surface area contributed by atoms with Gasteiger partial charge in [0.1, 0.15) is 12.4 Å². The highest BCUT2D eigenvalue weighted by atomic mass is 16.5. The lowest BCUT2D eigenvalue weighted by Crippen LogP contribution is -2.52. The van der Waals surface area contributed by atoms with Crippen LogP contribution in [0.1, 0.15) is 29.7 Å². The summed E-state index contributed by atoms with van der Waals surface area (Å²) in [6.07, 6.45) is 0.476. The predicted octanol–water partition coefficient (Wildman–Crippen LogP) is 2.16. The highest BCUT2D eigenvalue weighted by Gasteiger charge is 2.37. The van der Waals surface area contributed by atoms with Gasteiger partial charge in [0.15, 0.2) is 0 Å². The summed E-state index contributed by atoms with van der Waals surface area (Å²) >= 11 is 0. The molecule has 4 heterocycles. The second-order valence-electron chi connectivity index (χ2n) is 10.9. The second kappa shape index (κ2) is 10.9. The lowest BCUT2D eigenvalue weighted by atomic mass is 9.99. The number of benzene rings is 2. The average Bonchev–Trinajstić information content (AvgIpc) is 3.21. The number of aromatic nitrogens is 2. The summed E-state index contributed by atoms with van der Waals surface area (Å²) in [7, 11) is 1.68. The third-order valence-electron chi connectivity index (χ3n) is 8.51. The molecule has 6 rings (SSSR count). The van der Waals surface area contributed by atoms with Gasteiger partial charge in [-0.2, -0.15) is 15.2 Å². The molecule has 40 heavy (non-hydrogen) atoms. The Labute approximate surface area is 234 Å². The summed E-state index contributed by atoms with van der Waals surface area (Å²) in [5.41, 5.74) is 4.42. The van der Waals surface area contributed by atoms with Crippen LogP contribution in [0.4, 0.5) is 11.5 Å². The van der Waals surface area contributed by atoms with Gasteiger partial charge in [0.2, 0.25) is 5.91 Å². The first kappa shape index (κ1) is 26.3. The van der Waals surface area contributed by atoms with Crippen molar-refractivity contribution in [3.8, 4) is 12.1 Å². The summed E-state index contributed by atoms with van der Waals surface area (Å²) in [5.74, 6) is 0.723. The van der Waals surface area contributed by atoms with E-state index < -0.39 is 12.1 Å². The van der Waals surface area contributed by atoms with Gasteiger partial charge in [-0.15, -0.1) is 0 Å². The highest BCUT2D eigenvalue weighted by Crippen LogP contribution is 2.36. The van der Waals surface area contributed by atoms with Crippen LogP contribution in [0.25, 0.3) is 10.8 Å². The number of rotatable bonds is 6. The lowest BCUT2D eigenvalue weighted by molar-refractivity contribution is -0.127. The summed E-state index contributed by atoms with van der Waals surface area (Å²) in [6.45, 7) is 5.94. The van der Waals surface area contributed by atoms with Crippen molar-refractivity contribution in [2.24, 2.45) is 0 Å². The molecule has 2 aromatic carbocycles. The molecule has 2 saturated heterocycles. The van der Waals surface area contributed by atoms with Gasteiger partial charge in [0, 0.05) is 49.9 Å². The van der Waals surface area contributed by atoms with Crippen LogP contribution in [0.15, 0.2) is 36.4 Å². The van der Waals surface area contributed by atoms with Gasteiger partial charge in [-0.1, -0.05) is 30.3 Å².